The highest BCUT2D eigenvalue weighted by Gasteiger charge is 2.22. The van der Waals surface area contributed by atoms with E-state index in [1.807, 2.05) is 16.7 Å². The predicted molar refractivity (Wildman–Crippen MR) is 90.3 cm³/mol. The van der Waals surface area contributed by atoms with Crippen LogP contribution < -0.4 is 4.90 Å². The molecule has 120 valence electrons. The Balaban J connectivity index is 1.57. The molecular weight excluding hydrogens is 296 g/mol. The van der Waals surface area contributed by atoms with Gasteiger partial charge in [-0.05, 0) is 37.3 Å². The van der Waals surface area contributed by atoms with Gasteiger partial charge >= 0.3 is 0 Å². The van der Waals surface area contributed by atoms with E-state index in [1.54, 1.807) is 6.92 Å². The molecule has 0 saturated carbocycles. The summed E-state index contributed by atoms with van der Waals surface area (Å²) >= 11 is 2.00. The van der Waals surface area contributed by atoms with E-state index in [-0.39, 0.29) is 5.91 Å². The van der Waals surface area contributed by atoms with Crippen LogP contribution in [0.1, 0.15) is 25.5 Å². The zero-order valence-electron chi connectivity index (χ0n) is 13.2. The first kappa shape index (κ1) is 15.6. The Morgan fingerprint density at radius 1 is 1.27 bits per heavy atom. The summed E-state index contributed by atoms with van der Waals surface area (Å²) in [7, 11) is 0. The quantitative estimate of drug-likeness (QED) is 0.850. The fraction of sp³-hybridized carbons (Fsp3) is 0.688. The van der Waals surface area contributed by atoms with Gasteiger partial charge in [0.25, 0.3) is 0 Å². The molecule has 3 heterocycles. The molecule has 1 aromatic rings. The number of hydrogen-bond donors (Lipinski definition) is 0. The molecule has 6 heteroatoms. The number of amides is 1. The molecule has 1 unspecified atom stereocenters. The number of piperidine rings is 1. The maximum Gasteiger partial charge on any atom is 0.219 e. The third-order valence-electron chi connectivity index (χ3n) is 4.50. The Bertz CT molecular complexity index is 501. The third-order valence-corrected chi connectivity index (χ3v) is 5.45. The molecule has 0 aliphatic carbocycles. The van der Waals surface area contributed by atoms with Crippen molar-refractivity contribution in [1.82, 2.24) is 15.1 Å². The second-order valence-electron chi connectivity index (χ2n) is 6.16. The molecule has 0 radical (unpaired) electrons. The normalized spacial score (nSPS) is 22.7. The molecule has 0 bridgehead atoms. The Labute approximate surface area is 136 Å². The molecule has 0 aromatic carbocycles. The van der Waals surface area contributed by atoms with Gasteiger partial charge in [-0.3, -0.25) is 4.79 Å². The van der Waals surface area contributed by atoms with Gasteiger partial charge < -0.3 is 9.80 Å². The van der Waals surface area contributed by atoms with Crippen LogP contribution in [0.4, 0.5) is 5.82 Å². The van der Waals surface area contributed by atoms with Gasteiger partial charge in [-0.15, -0.1) is 5.10 Å². The van der Waals surface area contributed by atoms with Crippen molar-refractivity contribution in [2.45, 2.75) is 26.2 Å². The average Bonchev–Trinajstić information content (AvgIpc) is 2.56. The minimum Gasteiger partial charge on any atom is -0.353 e. The second kappa shape index (κ2) is 7.31. The second-order valence-corrected chi connectivity index (χ2v) is 7.38. The van der Waals surface area contributed by atoms with Crippen molar-refractivity contribution in [3.05, 3.63) is 17.8 Å². The molecule has 1 atom stereocenters. The summed E-state index contributed by atoms with van der Waals surface area (Å²) in [6, 6.07) is 4.21. The highest BCUT2D eigenvalue weighted by molar-refractivity contribution is 7.99. The van der Waals surface area contributed by atoms with Crippen LogP contribution >= 0.6 is 11.8 Å². The van der Waals surface area contributed by atoms with Crippen molar-refractivity contribution in [2.24, 2.45) is 5.92 Å². The van der Waals surface area contributed by atoms with Gasteiger partial charge in [0, 0.05) is 44.6 Å². The molecule has 2 fully saturated rings. The third kappa shape index (κ3) is 3.91. The van der Waals surface area contributed by atoms with Gasteiger partial charge in [0.2, 0.25) is 5.91 Å². The van der Waals surface area contributed by atoms with Crippen LogP contribution in [0.15, 0.2) is 12.1 Å². The zero-order valence-corrected chi connectivity index (χ0v) is 14.0. The first-order valence-corrected chi connectivity index (χ1v) is 9.28. The molecule has 1 amide bonds. The van der Waals surface area contributed by atoms with E-state index >= 15 is 0 Å². The molecule has 22 heavy (non-hydrogen) atoms. The zero-order chi connectivity index (χ0) is 15.4. The van der Waals surface area contributed by atoms with Crippen molar-refractivity contribution in [1.29, 1.82) is 0 Å². The van der Waals surface area contributed by atoms with Crippen molar-refractivity contribution in [2.75, 3.05) is 42.6 Å². The lowest BCUT2D eigenvalue weighted by atomic mass is 9.93. The van der Waals surface area contributed by atoms with Gasteiger partial charge in [-0.2, -0.15) is 16.9 Å². The van der Waals surface area contributed by atoms with Crippen molar-refractivity contribution in [3.8, 4) is 0 Å². The standard InChI is InChI=1S/C16H24N4OS/c1-13(21)20-6-2-3-14(12-20)11-15-4-5-16(18-17-15)19-7-9-22-10-8-19/h4-5,14H,2-3,6-12H2,1H3. The topological polar surface area (TPSA) is 49.3 Å². The fourth-order valence-corrected chi connectivity index (χ4v) is 4.14. The lowest BCUT2D eigenvalue weighted by Crippen LogP contribution is -2.39. The van der Waals surface area contributed by atoms with Crippen molar-refractivity contribution < 1.29 is 4.79 Å². The summed E-state index contributed by atoms with van der Waals surface area (Å²) in [6.45, 7) is 5.56. The molecule has 5 nitrogen and oxygen atoms in total. The molecular formula is C16H24N4OS. The van der Waals surface area contributed by atoms with Gasteiger partial charge in [-0.25, -0.2) is 0 Å². The fourth-order valence-electron chi connectivity index (χ4n) is 3.24. The molecule has 2 aliphatic rings. The SMILES string of the molecule is CC(=O)N1CCCC(Cc2ccc(N3CCSCC3)nn2)C1. The van der Waals surface area contributed by atoms with E-state index < -0.39 is 0 Å². The monoisotopic (exact) mass is 320 g/mol. The highest BCUT2D eigenvalue weighted by atomic mass is 32.2. The summed E-state index contributed by atoms with van der Waals surface area (Å²) < 4.78 is 0. The van der Waals surface area contributed by atoms with Crippen molar-refractivity contribution in [3.63, 3.8) is 0 Å². The smallest absolute Gasteiger partial charge is 0.219 e. The Hall–Kier alpha value is -1.30. The van der Waals surface area contributed by atoms with E-state index in [2.05, 4.69) is 27.2 Å². The van der Waals surface area contributed by atoms with E-state index in [9.17, 15) is 4.79 Å². The van der Waals surface area contributed by atoms with Gasteiger partial charge in [0.1, 0.15) is 0 Å². The van der Waals surface area contributed by atoms with Crippen LogP contribution in [0.25, 0.3) is 0 Å². The minimum atomic E-state index is 0.189. The average molecular weight is 320 g/mol. The van der Waals surface area contributed by atoms with Gasteiger partial charge in [-0.1, -0.05) is 0 Å². The van der Waals surface area contributed by atoms with E-state index in [0.717, 1.165) is 50.5 Å². The Morgan fingerprint density at radius 2 is 2.09 bits per heavy atom. The van der Waals surface area contributed by atoms with Crippen LogP contribution in [0.3, 0.4) is 0 Å². The summed E-state index contributed by atoms with van der Waals surface area (Å²) in [5.74, 6) is 4.05. The largest absolute Gasteiger partial charge is 0.353 e. The molecule has 3 rings (SSSR count). The summed E-state index contributed by atoms with van der Waals surface area (Å²) in [5, 5.41) is 8.82. The number of anilines is 1. The van der Waals surface area contributed by atoms with E-state index in [1.165, 1.54) is 17.9 Å². The molecule has 0 spiro atoms. The number of thioether (sulfide) groups is 1. The van der Waals surface area contributed by atoms with E-state index in [4.69, 9.17) is 0 Å². The summed E-state index contributed by atoms with van der Waals surface area (Å²) in [5.41, 5.74) is 1.05. The minimum absolute atomic E-state index is 0.189. The Kier molecular flexibility index (Phi) is 5.18. The lowest BCUT2D eigenvalue weighted by Gasteiger charge is -2.32. The highest BCUT2D eigenvalue weighted by Crippen LogP contribution is 2.21. The van der Waals surface area contributed by atoms with Crippen LogP contribution in [0.2, 0.25) is 0 Å². The predicted octanol–water partition coefficient (Wildman–Crippen LogP) is 1.83. The number of rotatable bonds is 3. The van der Waals surface area contributed by atoms with Gasteiger partial charge in [0.15, 0.2) is 5.82 Å². The number of carbonyl (C=O) groups excluding carboxylic acids is 1. The maximum absolute atomic E-state index is 11.5. The van der Waals surface area contributed by atoms with Crippen molar-refractivity contribution >= 4 is 23.5 Å². The van der Waals surface area contributed by atoms with Crippen LogP contribution in [-0.4, -0.2) is 58.7 Å². The Morgan fingerprint density at radius 3 is 2.77 bits per heavy atom. The first-order chi connectivity index (χ1) is 10.7. The van der Waals surface area contributed by atoms with Crippen LogP contribution in [0, 0.1) is 5.92 Å². The van der Waals surface area contributed by atoms with Crippen LogP contribution in [0.5, 0.6) is 0 Å². The maximum atomic E-state index is 11.5. The van der Waals surface area contributed by atoms with Crippen LogP contribution in [-0.2, 0) is 11.2 Å². The lowest BCUT2D eigenvalue weighted by molar-refractivity contribution is -0.130. The number of carbonyl (C=O) groups is 1. The molecule has 2 saturated heterocycles. The molecule has 1 aromatic heterocycles. The first-order valence-electron chi connectivity index (χ1n) is 8.13. The number of likely N-dealkylation sites (tertiary alicyclic amines) is 1. The van der Waals surface area contributed by atoms with E-state index in [0.29, 0.717) is 5.92 Å². The number of hydrogen-bond acceptors (Lipinski definition) is 5. The molecule has 0 N–H and O–H groups in total. The summed E-state index contributed by atoms with van der Waals surface area (Å²) in [4.78, 5) is 15.8. The summed E-state index contributed by atoms with van der Waals surface area (Å²) in [6.07, 6.45) is 3.20. The number of aromatic nitrogens is 2. The van der Waals surface area contributed by atoms with Gasteiger partial charge in [0.05, 0.1) is 5.69 Å². The molecule has 2 aliphatic heterocycles. The number of nitrogens with zero attached hydrogens (tertiary/aromatic N) is 4.